The van der Waals surface area contributed by atoms with Crippen LogP contribution < -0.4 is 5.32 Å². The Morgan fingerprint density at radius 3 is 1.77 bits per heavy atom. The number of allylic oxidation sites excluding steroid dienone is 1. The van der Waals surface area contributed by atoms with E-state index in [4.69, 9.17) is 0 Å². The maximum absolute atomic E-state index is 12.0. The first-order valence-corrected chi connectivity index (χ1v) is 13.1. The Balaban J connectivity index is 0.000000176. The fourth-order valence-electron chi connectivity index (χ4n) is 3.26. The molecule has 1 aliphatic rings. The van der Waals surface area contributed by atoms with E-state index < -0.39 is 5.54 Å². The summed E-state index contributed by atoms with van der Waals surface area (Å²) in [5.74, 6) is -0.105. The molecule has 0 fully saturated rings. The van der Waals surface area contributed by atoms with Crippen molar-refractivity contribution >= 4 is 17.3 Å². The van der Waals surface area contributed by atoms with Crippen LogP contribution in [0.4, 0.5) is 5.69 Å². The molecule has 4 rings (SSSR count). The molecule has 1 N–H and O–H groups in total. The van der Waals surface area contributed by atoms with Gasteiger partial charge in [0.05, 0.1) is 0 Å². The van der Waals surface area contributed by atoms with Crippen molar-refractivity contribution in [2.75, 3.05) is 5.32 Å². The third-order valence-electron chi connectivity index (χ3n) is 4.99. The van der Waals surface area contributed by atoms with E-state index in [2.05, 4.69) is 71.0 Å². The summed E-state index contributed by atoms with van der Waals surface area (Å²) in [6.07, 6.45) is 3.69. The van der Waals surface area contributed by atoms with Crippen molar-refractivity contribution in [2.24, 2.45) is 4.99 Å². The molecular formula is C27H28N2OSc. The molecule has 4 heteroatoms. The molecule has 3 nitrogen and oxygen atoms in total. The zero-order valence-electron chi connectivity index (χ0n) is 18.2. The van der Waals surface area contributed by atoms with Gasteiger partial charge in [0.25, 0.3) is 5.91 Å². The van der Waals surface area contributed by atoms with Crippen molar-refractivity contribution in [3.63, 3.8) is 0 Å². The number of nitrogens with one attached hydrogen (secondary N) is 1. The Labute approximate surface area is 196 Å². The van der Waals surface area contributed by atoms with Gasteiger partial charge in [0, 0.05) is 11.4 Å². The SMILES string of the molecule is CC1=NC(C)(C(=O)Nc2ccccc2)C=C1.c1ccc([CH2][Sc][CH2]c2ccccc2)cc1. The van der Waals surface area contributed by atoms with Gasteiger partial charge >= 0.3 is 103 Å². The van der Waals surface area contributed by atoms with Crippen LogP contribution in [-0.4, -0.2) is 17.2 Å². The molecule has 155 valence electrons. The number of hydrogen-bond acceptors (Lipinski definition) is 2. The van der Waals surface area contributed by atoms with E-state index in [1.54, 1.807) is 6.92 Å². The molecule has 1 heterocycles. The number of hydrogen-bond donors (Lipinski definition) is 1. The van der Waals surface area contributed by atoms with E-state index in [1.165, 1.54) is 19.5 Å². The van der Waals surface area contributed by atoms with Gasteiger partial charge in [-0.3, -0.25) is 9.79 Å². The van der Waals surface area contributed by atoms with Gasteiger partial charge in [-0.25, -0.2) is 0 Å². The van der Waals surface area contributed by atoms with Gasteiger partial charge in [0.1, 0.15) is 0 Å². The first kappa shape index (κ1) is 23.1. The molecule has 0 saturated heterocycles. The van der Waals surface area contributed by atoms with Crippen LogP contribution in [0.1, 0.15) is 25.0 Å². The molecule has 0 aliphatic carbocycles. The molecule has 0 spiro atoms. The van der Waals surface area contributed by atoms with Gasteiger partial charge in [-0.1, -0.05) is 18.2 Å². The number of aliphatic imine (C=N–C) groups is 1. The summed E-state index contributed by atoms with van der Waals surface area (Å²) in [6, 6.07) is 31.1. The van der Waals surface area contributed by atoms with Gasteiger partial charge in [0.2, 0.25) is 0 Å². The fourth-order valence-corrected chi connectivity index (χ4v) is 5.38. The number of amides is 1. The van der Waals surface area contributed by atoms with Crippen LogP contribution in [0.5, 0.6) is 0 Å². The topological polar surface area (TPSA) is 41.5 Å². The average molecular weight is 441 g/mol. The normalized spacial score (nSPS) is 16.5. The molecule has 1 aliphatic heterocycles. The van der Waals surface area contributed by atoms with Crippen LogP contribution in [0.2, 0.25) is 0 Å². The molecule has 1 amide bonds. The van der Waals surface area contributed by atoms with Gasteiger partial charge in [-0.2, -0.15) is 0 Å². The van der Waals surface area contributed by atoms with Crippen molar-refractivity contribution in [3.8, 4) is 0 Å². The number of carbonyl (C=O) groups is 1. The van der Waals surface area contributed by atoms with Crippen LogP contribution in [-0.2, 0) is 36.1 Å². The standard InChI is InChI=1S/C13H14N2O.2C7H7.Sc/c1-10-8-9-13(2,15-10)12(16)14-11-6-4-3-5-7-11;2*1-7-5-3-2-4-6-7;/h3-9H,1-2H3,(H,14,16);2*2-6H,1H2;. The Hall–Kier alpha value is -2.59. The Morgan fingerprint density at radius 2 is 1.32 bits per heavy atom. The Morgan fingerprint density at radius 1 is 0.839 bits per heavy atom. The summed E-state index contributed by atoms with van der Waals surface area (Å²) in [7, 11) is 0. The quantitative estimate of drug-likeness (QED) is 0.510. The summed E-state index contributed by atoms with van der Waals surface area (Å²) < 4.78 is 2.67. The molecule has 0 aromatic heterocycles. The molecule has 0 bridgehead atoms. The summed E-state index contributed by atoms with van der Waals surface area (Å²) in [4.78, 5) is 16.3. The van der Waals surface area contributed by atoms with Crippen molar-refractivity contribution in [1.82, 2.24) is 0 Å². The van der Waals surface area contributed by atoms with Gasteiger partial charge < -0.3 is 5.32 Å². The second-order valence-electron chi connectivity index (χ2n) is 7.72. The number of rotatable bonds is 6. The molecule has 3 aromatic rings. The van der Waals surface area contributed by atoms with E-state index in [0.29, 0.717) is 0 Å². The van der Waals surface area contributed by atoms with Crippen molar-refractivity contribution in [1.29, 1.82) is 0 Å². The third kappa shape index (κ3) is 7.55. The second kappa shape index (κ2) is 11.7. The number of benzene rings is 3. The Kier molecular flexibility index (Phi) is 8.72. The van der Waals surface area contributed by atoms with E-state index in [0.717, 1.165) is 11.4 Å². The molecule has 1 atom stereocenters. The second-order valence-corrected chi connectivity index (χ2v) is 9.90. The van der Waals surface area contributed by atoms with Crippen molar-refractivity contribution in [3.05, 3.63) is 114 Å². The van der Waals surface area contributed by atoms with Gasteiger partial charge in [0.15, 0.2) is 5.54 Å². The van der Waals surface area contributed by atoms with Gasteiger partial charge in [-0.05, 0) is 38.1 Å². The van der Waals surface area contributed by atoms with Crippen LogP contribution in [0.15, 0.2) is 108 Å². The van der Waals surface area contributed by atoms with Crippen molar-refractivity contribution in [2.45, 2.75) is 27.7 Å². The van der Waals surface area contributed by atoms with Crippen LogP contribution in [0.3, 0.4) is 0 Å². The fraction of sp³-hybridized carbons (Fsp3) is 0.185. The van der Waals surface area contributed by atoms with E-state index in [-0.39, 0.29) is 28.8 Å². The van der Waals surface area contributed by atoms with Crippen LogP contribution in [0.25, 0.3) is 0 Å². The zero-order valence-corrected chi connectivity index (χ0v) is 20.0. The van der Waals surface area contributed by atoms with Crippen LogP contribution >= 0.6 is 0 Å². The zero-order chi connectivity index (χ0) is 21.9. The number of nitrogens with zero attached hydrogens (tertiary/aromatic N) is 1. The summed E-state index contributed by atoms with van der Waals surface area (Å²) >= 11 is -0.137. The predicted octanol–water partition coefficient (Wildman–Crippen LogP) is 5.88. The van der Waals surface area contributed by atoms with Gasteiger partial charge in [-0.15, -0.1) is 0 Å². The number of para-hydroxylation sites is 1. The average Bonchev–Trinajstić information content (AvgIpc) is 3.16. The molecule has 3 aromatic carbocycles. The van der Waals surface area contributed by atoms with Crippen molar-refractivity contribution < 1.29 is 27.7 Å². The van der Waals surface area contributed by atoms with Crippen LogP contribution in [0, 0.1) is 0 Å². The summed E-state index contributed by atoms with van der Waals surface area (Å²) in [6.45, 7) is 3.69. The number of anilines is 1. The van der Waals surface area contributed by atoms with E-state index in [1.807, 2.05) is 49.4 Å². The van der Waals surface area contributed by atoms with E-state index >= 15 is 0 Å². The third-order valence-corrected chi connectivity index (χ3v) is 7.37. The molecule has 0 radical (unpaired) electrons. The summed E-state index contributed by atoms with van der Waals surface area (Å²) in [5, 5.41) is 2.85. The summed E-state index contributed by atoms with van der Waals surface area (Å²) in [5.41, 5.74) is 3.93. The first-order valence-electron chi connectivity index (χ1n) is 10.6. The molecule has 0 saturated carbocycles. The molecule has 1 unspecified atom stereocenters. The predicted molar refractivity (Wildman–Crippen MR) is 126 cm³/mol. The maximum atomic E-state index is 12.0. The minimum absolute atomic E-state index is 0.105. The number of carbonyl (C=O) groups excluding carboxylic acids is 1. The first-order chi connectivity index (χ1) is 15.0. The monoisotopic (exact) mass is 441 g/mol. The molecule has 31 heavy (non-hydrogen) atoms. The Bertz CT molecular complexity index is 977. The van der Waals surface area contributed by atoms with E-state index in [9.17, 15) is 4.79 Å². The molecular weight excluding hydrogens is 413 g/mol. The minimum atomic E-state index is -0.764.